The lowest BCUT2D eigenvalue weighted by Crippen LogP contribution is -2.70. The number of rotatable bonds is 6. The van der Waals surface area contributed by atoms with Crippen molar-refractivity contribution in [3.8, 4) is 5.75 Å². The van der Waals surface area contributed by atoms with Gasteiger partial charge in [0, 0.05) is 23.0 Å². The van der Waals surface area contributed by atoms with Gasteiger partial charge in [0.05, 0.1) is 0 Å². The number of ether oxygens (including phenoxy) is 1. The van der Waals surface area contributed by atoms with Gasteiger partial charge in [-0.3, -0.25) is 0 Å². The first-order chi connectivity index (χ1) is 12.5. The molecule has 0 saturated heterocycles. The van der Waals surface area contributed by atoms with Gasteiger partial charge in [0.25, 0.3) is 0 Å². The molecule has 0 heterocycles. The summed E-state index contributed by atoms with van der Waals surface area (Å²) in [6.45, 7) is 0.808. The maximum atomic E-state index is 13.6. The summed E-state index contributed by atoms with van der Waals surface area (Å²) in [7, 11) is 0. The SMILES string of the molecule is Cc1c(N)cc(N)cc1OC(F)(F)C(F)(F)C(F)(F)C(F)(F)C(F)(F)C(F)(F)F. The van der Waals surface area contributed by atoms with E-state index in [-0.39, 0.29) is 0 Å². The van der Waals surface area contributed by atoms with Crippen LogP contribution < -0.4 is 16.2 Å². The van der Waals surface area contributed by atoms with Gasteiger partial charge in [-0.2, -0.15) is 57.1 Å². The average Bonchev–Trinajstić information content (AvgIpc) is 2.49. The molecule has 0 unspecified atom stereocenters. The summed E-state index contributed by atoms with van der Waals surface area (Å²) >= 11 is 0. The number of nitrogens with two attached hydrogens (primary N) is 2. The molecule has 0 aliphatic heterocycles. The lowest BCUT2D eigenvalue weighted by molar-refractivity contribution is -0.456. The fourth-order valence-electron chi connectivity index (χ4n) is 1.79. The van der Waals surface area contributed by atoms with Crippen molar-refractivity contribution in [1.29, 1.82) is 0 Å². The summed E-state index contributed by atoms with van der Waals surface area (Å²) in [5.74, 6) is -32.8. The molecule has 0 aromatic heterocycles. The van der Waals surface area contributed by atoms with Gasteiger partial charge >= 0.3 is 36.0 Å². The van der Waals surface area contributed by atoms with Gasteiger partial charge in [-0.05, 0) is 13.0 Å². The van der Waals surface area contributed by atoms with Gasteiger partial charge in [0.15, 0.2) is 0 Å². The Hall–Kier alpha value is -2.29. The van der Waals surface area contributed by atoms with Crippen LogP contribution in [0.15, 0.2) is 12.1 Å². The Balaban J connectivity index is 3.51. The average molecular weight is 456 g/mol. The van der Waals surface area contributed by atoms with Crippen LogP contribution in [0.3, 0.4) is 0 Å². The standard InChI is InChI=1S/C13H9F13N2O/c1-4-6(28)2-5(27)3-7(4)29-13(25,26)11(20,21)9(16,17)8(14,15)10(18,19)12(22,23)24/h2-3H,27-28H2,1H3. The van der Waals surface area contributed by atoms with Crippen LogP contribution in [0.4, 0.5) is 68.5 Å². The van der Waals surface area contributed by atoms with Crippen LogP contribution in [0.2, 0.25) is 0 Å². The lowest BCUT2D eigenvalue weighted by Gasteiger charge is -2.39. The molecule has 0 aliphatic carbocycles. The molecule has 1 aromatic rings. The minimum atomic E-state index is -8.00. The maximum absolute atomic E-state index is 13.6. The van der Waals surface area contributed by atoms with E-state index < -0.39 is 58.7 Å². The molecule has 0 spiro atoms. The number of nitrogen functional groups attached to an aromatic ring is 2. The van der Waals surface area contributed by atoms with Gasteiger partial charge in [-0.15, -0.1) is 0 Å². The van der Waals surface area contributed by atoms with Crippen LogP contribution in [-0.2, 0) is 0 Å². The molecule has 0 saturated carbocycles. The summed E-state index contributed by atoms with van der Waals surface area (Å²) in [6.07, 6.45) is -14.2. The van der Waals surface area contributed by atoms with Crippen LogP contribution in [-0.4, -0.2) is 36.0 Å². The van der Waals surface area contributed by atoms with Crippen molar-refractivity contribution < 1.29 is 61.8 Å². The minimum Gasteiger partial charge on any atom is -0.427 e. The Kier molecular flexibility index (Phi) is 5.65. The molecular weight excluding hydrogens is 447 g/mol. The van der Waals surface area contributed by atoms with Crippen molar-refractivity contribution in [2.24, 2.45) is 0 Å². The second kappa shape index (κ2) is 6.62. The third kappa shape index (κ3) is 3.56. The minimum absolute atomic E-state index is 0.316. The molecule has 29 heavy (non-hydrogen) atoms. The number of anilines is 2. The van der Waals surface area contributed by atoms with Gasteiger partial charge in [0.1, 0.15) is 5.75 Å². The number of benzene rings is 1. The topological polar surface area (TPSA) is 61.3 Å². The largest absolute Gasteiger partial charge is 0.471 e. The van der Waals surface area contributed by atoms with Crippen LogP contribution in [0.1, 0.15) is 5.56 Å². The van der Waals surface area contributed by atoms with Gasteiger partial charge in [-0.25, -0.2) is 0 Å². The Bertz CT molecular complexity index is 773. The van der Waals surface area contributed by atoms with Gasteiger partial charge in [0.2, 0.25) is 0 Å². The summed E-state index contributed by atoms with van der Waals surface area (Å²) in [4.78, 5) is 0. The molecule has 0 aliphatic rings. The van der Waals surface area contributed by atoms with E-state index in [1.165, 1.54) is 0 Å². The zero-order chi connectivity index (χ0) is 23.4. The molecule has 0 bridgehead atoms. The van der Waals surface area contributed by atoms with E-state index in [1.807, 2.05) is 0 Å². The molecule has 0 fully saturated rings. The van der Waals surface area contributed by atoms with E-state index in [1.54, 1.807) is 0 Å². The second-order valence-electron chi connectivity index (χ2n) is 5.65. The van der Waals surface area contributed by atoms with Crippen molar-refractivity contribution in [2.45, 2.75) is 42.9 Å². The normalized spacial score (nSPS) is 14.8. The Morgan fingerprint density at radius 1 is 0.655 bits per heavy atom. The summed E-state index contributed by atoms with van der Waals surface area (Å²) in [5, 5.41) is 0. The van der Waals surface area contributed by atoms with Crippen LogP contribution in [0.5, 0.6) is 5.75 Å². The molecule has 0 amide bonds. The predicted molar refractivity (Wildman–Crippen MR) is 71.4 cm³/mol. The molecule has 0 radical (unpaired) electrons. The second-order valence-corrected chi connectivity index (χ2v) is 5.65. The Morgan fingerprint density at radius 2 is 1.07 bits per heavy atom. The third-order valence-corrected chi connectivity index (χ3v) is 3.57. The summed E-state index contributed by atoms with van der Waals surface area (Å²) in [5.41, 5.74) is 8.66. The van der Waals surface area contributed by atoms with Crippen molar-refractivity contribution in [1.82, 2.24) is 0 Å². The van der Waals surface area contributed by atoms with E-state index in [9.17, 15) is 57.1 Å². The van der Waals surface area contributed by atoms with Crippen molar-refractivity contribution in [2.75, 3.05) is 11.5 Å². The highest BCUT2D eigenvalue weighted by Gasteiger charge is 2.91. The molecule has 168 valence electrons. The molecular formula is C13H9F13N2O. The van der Waals surface area contributed by atoms with Crippen molar-refractivity contribution in [3.05, 3.63) is 17.7 Å². The van der Waals surface area contributed by atoms with Gasteiger partial charge < -0.3 is 16.2 Å². The molecule has 3 nitrogen and oxygen atoms in total. The van der Waals surface area contributed by atoms with E-state index in [4.69, 9.17) is 11.5 Å². The highest BCUT2D eigenvalue weighted by molar-refractivity contribution is 5.62. The fraction of sp³-hybridized carbons (Fsp3) is 0.538. The van der Waals surface area contributed by atoms with E-state index in [2.05, 4.69) is 4.74 Å². The smallest absolute Gasteiger partial charge is 0.427 e. The molecule has 1 aromatic carbocycles. The number of hydrogen-bond donors (Lipinski definition) is 2. The molecule has 16 heteroatoms. The first kappa shape index (κ1) is 24.7. The zero-order valence-electron chi connectivity index (χ0n) is 13.6. The molecule has 4 N–H and O–H groups in total. The van der Waals surface area contributed by atoms with E-state index in [0.717, 1.165) is 13.0 Å². The first-order valence-electron chi connectivity index (χ1n) is 6.85. The van der Waals surface area contributed by atoms with Crippen LogP contribution in [0.25, 0.3) is 0 Å². The summed E-state index contributed by atoms with van der Waals surface area (Å²) in [6, 6.07) is 1.18. The molecule has 0 atom stereocenters. The highest BCUT2D eigenvalue weighted by atomic mass is 19.4. The Morgan fingerprint density at radius 3 is 1.48 bits per heavy atom. The fourth-order valence-corrected chi connectivity index (χ4v) is 1.79. The monoisotopic (exact) mass is 456 g/mol. The maximum Gasteiger partial charge on any atom is 0.471 e. The zero-order valence-corrected chi connectivity index (χ0v) is 13.6. The third-order valence-electron chi connectivity index (χ3n) is 3.57. The number of halogens is 13. The van der Waals surface area contributed by atoms with Crippen LogP contribution >= 0.6 is 0 Å². The van der Waals surface area contributed by atoms with E-state index in [0.29, 0.717) is 6.07 Å². The van der Waals surface area contributed by atoms with Gasteiger partial charge in [-0.1, -0.05) is 0 Å². The van der Waals surface area contributed by atoms with Crippen molar-refractivity contribution >= 4 is 11.4 Å². The predicted octanol–water partition coefficient (Wildman–Crippen LogP) is 5.23. The highest BCUT2D eigenvalue weighted by Crippen LogP contribution is 2.60. The van der Waals surface area contributed by atoms with Crippen LogP contribution in [0, 0.1) is 6.92 Å². The number of hydrogen-bond acceptors (Lipinski definition) is 3. The summed E-state index contributed by atoms with van der Waals surface area (Å²) < 4.78 is 172. The lowest BCUT2D eigenvalue weighted by atomic mass is 9.97. The Labute approximate surface area is 152 Å². The number of alkyl halides is 13. The molecule has 1 rings (SSSR count). The quantitative estimate of drug-likeness (QED) is 0.455. The first-order valence-corrected chi connectivity index (χ1v) is 6.85. The van der Waals surface area contributed by atoms with E-state index >= 15 is 0 Å². The van der Waals surface area contributed by atoms with Crippen molar-refractivity contribution in [3.63, 3.8) is 0 Å².